The molecule has 1 heterocycles. The Morgan fingerprint density at radius 1 is 1.53 bits per heavy atom. The number of ether oxygens (including phenoxy) is 1. The lowest BCUT2D eigenvalue weighted by molar-refractivity contribution is 0.151. The second kappa shape index (κ2) is 7.81. The molecule has 0 unspecified atom stereocenters. The van der Waals surface area contributed by atoms with E-state index in [-0.39, 0.29) is 5.56 Å². The van der Waals surface area contributed by atoms with Crippen LogP contribution in [0.1, 0.15) is 13.3 Å². The van der Waals surface area contributed by atoms with Gasteiger partial charge in [0.2, 0.25) is 0 Å². The van der Waals surface area contributed by atoms with Crippen LogP contribution in [0.25, 0.3) is 0 Å². The van der Waals surface area contributed by atoms with Gasteiger partial charge in [0.1, 0.15) is 0 Å². The number of nitrogens with zero attached hydrogens (tertiary/aromatic N) is 2. The summed E-state index contributed by atoms with van der Waals surface area (Å²) < 4.78 is 6.85. The molecule has 0 radical (unpaired) electrons. The maximum absolute atomic E-state index is 11.9. The number of rotatable bonds is 8. The van der Waals surface area contributed by atoms with Crippen LogP contribution in [0.5, 0.6) is 0 Å². The van der Waals surface area contributed by atoms with Crippen LogP contribution in [0.4, 0.5) is 5.82 Å². The lowest BCUT2D eigenvalue weighted by Gasteiger charge is -2.08. The molecule has 6 heteroatoms. The third-order valence-corrected chi connectivity index (χ3v) is 2.18. The number of hydrogen-bond acceptors (Lipinski definition) is 5. The number of aryl methyl sites for hydroxylation is 1. The van der Waals surface area contributed by atoms with Gasteiger partial charge >= 0.3 is 0 Å². The fourth-order valence-electron chi connectivity index (χ4n) is 1.41. The SMILES string of the molecule is CCCn1ccnc(NCCOCCN)c1=O. The normalized spacial score (nSPS) is 10.5. The van der Waals surface area contributed by atoms with E-state index in [0.717, 1.165) is 6.42 Å². The van der Waals surface area contributed by atoms with Crippen molar-refractivity contribution in [2.75, 3.05) is 31.6 Å². The monoisotopic (exact) mass is 240 g/mol. The Hall–Kier alpha value is -1.40. The summed E-state index contributed by atoms with van der Waals surface area (Å²) in [4.78, 5) is 15.9. The van der Waals surface area contributed by atoms with Gasteiger partial charge in [-0.05, 0) is 6.42 Å². The molecule has 0 aliphatic heterocycles. The Bertz CT molecular complexity index is 378. The van der Waals surface area contributed by atoms with E-state index in [0.29, 0.717) is 38.7 Å². The van der Waals surface area contributed by atoms with Crippen molar-refractivity contribution in [2.45, 2.75) is 19.9 Å². The smallest absolute Gasteiger partial charge is 0.293 e. The summed E-state index contributed by atoms with van der Waals surface area (Å²) in [6.45, 7) is 4.84. The zero-order chi connectivity index (χ0) is 12.5. The van der Waals surface area contributed by atoms with Gasteiger partial charge in [0.05, 0.1) is 13.2 Å². The fraction of sp³-hybridized carbons (Fsp3) is 0.636. The van der Waals surface area contributed by atoms with Gasteiger partial charge in [0, 0.05) is 32.0 Å². The van der Waals surface area contributed by atoms with Crippen LogP contribution in [0.3, 0.4) is 0 Å². The molecule has 0 saturated carbocycles. The van der Waals surface area contributed by atoms with Crippen molar-refractivity contribution in [3.05, 3.63) is 22.7 Å². The van der Waals surface area contributed by atoms with Crippen LogP contribution in [0.15, 0.2) is 17.2 Å². The summed E-state index contributed by atoms with van der Waals surface area (Å²) in [5.41, 5.74) is 5.20. The lowest BCUT2D eigenvalue weighted by Crippen LogP contribution is -2.25. The first-order valence-electron chi connectivity index (χ1n) is 5.86. The number of hydrogen-bond donors (Lipinski definition) is 2. The second-order valence-electron chi connectivity index (χ2n) is 3.60. The maximum atomic E-state index is 11.9. The molecular formula is C11H20N4O2. The Kier molecular flexibility index (Phi) is 6.27. The van der Waals surface area contributed by atoms with Gasteiger partial charge in [-0.3, -0.25) is 4.79 Å². The molecule has 6 nitrogen and oxygen atoms in total. The molecule has 0 aromatic carbocycles. The van der Waals surface area contributed by atoms with Gasteiger partial charge in [-0.15, -0.1) is 0 Å². The molecule has 1 rings (SSSR count). The molecule has 0 aliphatic rings. The van der Waals surface area contributed by atoms with Crippen molar-refractivity contribution in [3.63, 3.8) is 0 Å². The van der Waals surface area contributed by atoms with Gasteiger partial charge < -0.3 is 20.4 Å². The molecule has 0 aliphatic carbocycles. The molecule has 1 aromatic heterocycles. The van der Waals surface area contributed by atoms with Gasteiger partial charge in [-0.2, -0.15) is 0 Å². The summed E-state index contributed by atoms with van der Waals surface area (Å²) >= 11 is 0. The van der Waals surface area contributed by atoms with Gasteiger partial charge in [-0.1, -0.05) is 6.92 Å². The van der Waals surface area contributed by atoms with Crippen molar-refractivity contribution < 1.29 is 4.74 Å². The van der Waals surface area contributed by atoms with E-state index in [1.165, 1.54) is 0 Å². The third-order valence-electron chi connectivity index (χ3n) is 2.18. The zero-order valence-electron chi connectivity index (χ0n) is 10.2. The molecule has 0 bridgehead atoms. The highest BCUT2D eigenvalue weighted by molar-refractivity contribution is 5.30. The highest BCUT2D eigenvalue weighted by Gasteiger charge is 2.02. The number of aromatic nitrogens is 2. The minimum Gasteiger partial charge on any atom is -0.378 e. The summed E-state index contributed by atoms with van der Waals surface area (Å²) in [6.07, 6.45) is 4.24. The topological polar surface area (TPSA) is 82.2 Å². The van der Waals surface area contributed by atoms with E-state index >= 15 is 0 Å². The van der Waals surface area contributed by atoms with Gasteiger partial charge in [0.25, 0.3) is 5.56 Å². The predicted molar refractivity (Wildman–Crippen MR) is 67.2 cm³/mol. The molecule has 1 aromatic rings. The molecule has 3 N–H and O–H groups in total. The molecule has 0 saturated heterocycles. The molecule has 0 amide bonds. The van der Waals surface area contributed by atoms with Crippen LogP contribution < -0.4 is 16.6 Å². The number of anilines is 1. The van der Waals surface area contributed by atoms with E-state index < -0.39 is 0 Å². The Morgan fingerprint density at radius 3 is 3.06 bits per heavy atom. The second-order valence-corrected chi connectivity index (χ2v) is 3.60. The van der Waals surface area contributed by atoms with E-state index in [2.05, 4.69) is 10.3 Å². The number of nitrogens with one attached hydrogen (secondary N) is 1. The Balaban J connectivity index is 2.48. The molecule has 0 spiro atoms. The van der Waals surface area contributed by atoms with Crippen LogP contribution in [-0.2, 0) is 11.3 Å². The summed E-state index contributed by atoms with van der Waals surface area (Å²) in [7, 11) is 0. The highest BCUT2D eigenvalue weighted by atomic mass is 16.5. The van der Waals surface area contributed by atoms with Crippen molar-refractivity contribution in [2.24, 2.45) is 5.73 Å². The molecule has 17 heavy (non-hydrogen) atoms. The van der Waals surface area contributed by atoms with Crippen LogP contribution >= 0.6 is 0 Å². The molecule has 96 valence electrons. The van der Waals surface area contributed by atoms with Gasteiger partial charge in [0.15, 0.2) is 5.82 Å². The first kappa shape index (κ1) is 13.7. The minimum atomic E-state index is -0.0897. The van der Waals surface area contributed by atoms with Gasteiger partial charge in [-0.25, -0.2) is 4.98 Å². The van der Waals surface area contributed by atoms with Crippen molar-refractivity contribution in [1.29, 1.82) is 0 Å². The van der Waals surface area contributed by atoms with Crippen molar-refractivity contribution >= 4 is 5.82 Å². The largest absolute Gasteiger partial charge is 0.378 e. The maximum Gasteiger partial charge on any atom is 0.293 e. The average molecular weight is 240 g/mol. The Labute approximate surface area is 101 Å². The first-order valence-corrected chi connectivity index (χ1v) is 5.86. The standard InChI is InChI=1S/C11H20N4O2/c1-2-6-15-7-4-13-10(11(15)16)14-5-9-17-8-3-12/h4,7H,2-3,5-6,8-9,12H2,1H3,(H,13,14). The summed E-state index contributed by atoms with van der Waals surface area (Å²) in [5, 5.41) is 2.96. The predicted octanol–water partition coefficient (Wildman–Crippen LogP) is 0.0405. The zero-order valence-corrected chi connectivity index (χ0v) is 10.2. The summed E-state index contributed by atoms with van der Waals surface area (Å²) in [5.74, 6) is 0.372. The minimum absolute atomic E-state index is 0.0897. The molecule has 0 atom stereocenters. The quantitative estimate of drug-likeness (QED) is 0.627. The average Bonchev–Trinajstić information content (AvgIpc) is 2.33. The molecular weight excluding hydrogens is 220 g/mol. The van der Waals surface area contributed by atoms with E-state index in [1.54, 1.807) is 17.0 Å². The van der Waals surface area contributed by atoms with Crippen molar-refractivity contribution in [1.82, 2.24) is 9.55 Å². The van der Waals surface area contributed by atoms with E-state index in [4.69, 9.17) is 10.5 Å². The van der Waals surface area contributed by atoms with E-state index in [1.807, 2.05) is 6.92 Å². The molecule has 0 fully saturated rings. The summed E-state index contributed by atoms with van der Waals surface area (Å²) in [6, 6.07) is 0. The number of nitrogens with two attached hydrogens (primary N) is 1. The Morgan fingerprint density at radius 2 is 2.35 bits per heavy atom. The highest BCUT2D eigenvalue weighted by Crippen LogP contribution is 1.93. The lowest BCUT2D eigenvalue weighted by atomic mass is 10.4. The fourth-order valence-corrected chi connectivity index (χ4v) is 1.41. The van der Waals surface area contributed by atoms with Crippen LogP contribution in [0, 0.1) is 0 Å². The third kappa shape index (κ3) is 4.54. The first-order chi connectivity index (χ1) is 8.29. The van der Waals surface area contributed by atoms with Crippen LogP contribution in [0.2, 0.25) is 0 Å². The van der Waals surface area contributed by atoms with E-state index in [9.17, 15) is 4.79 Å². The van der Waals surface area contributed by atoms with Crippen LogP contribution in [-0.4, -0.2) is 35.9 Å². The van der Waals surface area contributed by atoms with Crippen molar-refractivity contribution in [3.8, 4) is 0 Å².